The third-order valence-electron chi connectivity index (χ3n) is 3.55. The zero-order chi connectivity index (χ0) is 25.6. The van der Waals surface area contributed by atoms with E-state index in [1.54, 1.807) is 0 Å². The number of nitrogens with one attached hydrogen (secondary N) is 1. The van der Waals surface area contributed by atoms with Crippen LogP contribution in [-0.2, 0) is 19.1 Å². The summed E-state index contributed by atoms with van der Waals surface area (Å²) < 4.78 is 33.1. The van der Waals surface area contributed by atoms with Gasteiger partial charge in [-0.3, -0.25) is 4.79 Å². The second-order valence-corrected chi connectivity index (χ2v) is 6.08. The number of alkyl carbamates (subject to hydrolysis) is 1. The fourth-order valence-electron chi connectivity index (χ4n) is 1.93. The number of ether oxygens (including phenoxy) is 2. The lowest BCUT2D eigenvalue weighted by Crippen LogP contribution is -2.33. The minimum atomic E-state index is -1.26. The molecule has 0 aliphatic rings. The van der Waals surface area contributed by atoms with Crippen molar-refractivity contribution in [1.82, 2.24) is 5.32 Å². The highest BCUT2D eigenvalue weighted by Gasteiger charge is 2.22. The van der Waals surface area contributed by atoms with Gasteiger partial charge in [0.2, 0.25) is 0 Å². The van der Waals surface area contributed by atoms with Gasteiger partial charge >= 0.3 is 23.5 Å². The quantitative estimate of drug-likeness (QED) is 0.460. The lowest BCUT2D eigenvalue weighted by molar-refractivity contribution is -0.140. The first-order chi connectivity index (χ1) is 15.4. The van der Waals surface area contributed by atoms with Gasteiger partial charge in [0.15, 0.2) is 6.04 Å². The predicted molar refractivity (Wildman–Crippen MR) is 112 cm³/mol. The lowest BCUT2D eigenvalue weighted by atomic mass is 10.1. The van der Waals surface area contributed by atoms with Gasteiger partial charge in [-0.25, -0.2) is 23.2 Å². The van der Waals surface area contributed by atoms with Crippen molar-refractivity contribution < 1.29 is 47.6 Å². The molecule has 0 heterocycles. The number of rotatable bonds is 5. The van der Waals surface area contributed by atoms with Gasteiger partial charge in [0.25, 0.3) is 0 Å². The summed E-state index contributed by atoms with van der Waals surface area (Å²) >= 11 is 4.60. The average Bonchev–Trinajstić information content (AvgIpc) is 2.78. The molecule has 2 atom stereocenters. The van der Waals surface area contributed by atoms with Crippen molar-refractivity contribution in [3.63, 3.8) is 0 Å². The van der Waals surface area contributed by atoms with Crippen LogP contribution < -0.4 is 11.1 Å². The fraction of sp³-hybridized carbons (Fsp3) is 0.200. The number of carbonyl (C=O) groups is 4. The van der Waals surface area contributed by atoms with Gasteiger partial charge in [-0.15, -0.1) is 0 Å². The fourth-order valence-corrected chi connectivity index (χ4v) is 1.93. The molecule has 0 unspecified atom stereocenters. The summed E-state index contributed by atoms with van der Waals surface area (Å²) in [4.78, 5) is 41.5. The molecule has 2 rings (SSSR count). The van der Waals surface area contributed by atoms with Crippen LogP contribution in [0.1, 0.15) is 23.2 Å². The topological polar surface area (TPSA) is 165 Å². The summed E-state index contributed by atoms with van der Waals surface area (Å²) in [6, 6.07) is 7.53. The molecule has 0 fully saturated rings. The number of hydrogen-bond donors (Lipinski definition) is 4. The van der Waals surface area contributed by atoms with Crippen LogP contribution in [0.5, 0.6) is 0 Å². The molecular formula is C20H21ClF2N2O8. The highest BCUT2D eigenvalue weighted by molar-refractivity contribution is 6.61. The van der Waals surface area contributed by atoms with Gasteiger partial charge < -0.3 is 30.7 Å². The molecule has 1 amide bonds. The molecule has 0 aromatic heterocycles. The standard InChI is InChI=1S/C10H10FNO4.C8H8FNO2.C2H3ClO2/c1-16-10(15)12-8(9(13)14)6-2-4-7(11)5-3-6;9-6-3-1-5(2-4-6)7(10)8(11)12;1-5-2(3)4/h2-5,8H,1H3,(H,12,15)(H,13,14);1-4,7H,10H2,(H,11,12);1H3/t8-;7-;/m11./s1. The van der Waals surface area contributed by atoms with E-state index in [-0.39, 0.29) is 5.56 Å². The predicted octanol–water partition coefficient (Wildman–Crippen LogP) is 3.21. The monoisotopic (exact) mass is 490 g/mol. The summed E-state index contributed by atoms with van der Waals surface area (Å²) in [7, 11) is 2.34. The maximum absolute atomic E-state index is 12.6. The number of nitrogens with two attached hydrogens (primary N) is 1. The van der Waals surface area contributed by atoms with E-state index in [2.05, 4.69) is 26.4 Å². The van der Waals surface area contributed by atoms with Crippen LogP contribution in [0.3, 0.4) is 0 Å². The van der Waals surface area contributed by atoms with E-state index in [4.69, 9.17) is 15.9 Å². The van der Waals surface area contributed by atoms with Crippen LogP contribution in [0.15, 0.2) is 48.5 Å². The normalized spacial score (nSPS) is 11.2. The molecule has 10 nitrogen and oxygen atoms in total. The van der Waals surface area contributed by atoms with E-state index >= 15 is 0 Å². The lowest BCUT2D eigenvalue weighted by Gasteiger charge is -2.13. The van der Waals surface area contributed by atoms with E-state index in [0.717, 1.165) is 19.2 Å². The van der Waals surface area contributed by atoms with Gasteiger partial charge in [0.1, 0.15) is 17.7 Å². The molecule has 5 N–H and O–H groups in total. The van der Waals surface area contributed by atoms with Crippen molar-refractivity contribution in [2.45, 2.75) is 12.1 Å². The van der Waals surface area contributed by atoms with E-state index in [1.807, 2.05) is 0 Å². The average molecular weight is 491 g/mol. The molecule has 0 saturated carbocycles. The SMILES string of the molecule is COC(=O)Cl.COC(=O)N[C@@H](C(=O)O)c1ccc(F)cc1.N[C@@H](C(=O)O)c1ccc(F)cc1. The smallest absolute Gasteiger partial charge is 0.407 e. The Balaban J connectivity index is 0.000000530. The van der Waals surface area contributed by atoms with Crippen molar-refractivity contribution in [3.05, 3.63) is 71.3 Å². The molecular weight excluding hydrogens is 470 g/mol. The van der Waals surface area contributed by atoms with E-state index < -0.39 is 47.2 Å². The number of carboxylic acids is 2. The van der Waals surface area contributed by atoms with E-state index in [0.29, 0.717) is 5.56 Å². The second kappa shape index (κ2) is 15.1. The summed E-state index contributed by atoms with van der Waals surface area (Å²) in [5.41, 5.74) is 5.15. The Labute approximate surface area is 191 Å². The van der Waals surface area contributed by atoms with Crippen molar-refractivity contribution in [3.8, 4) is 0 Å². The second-order valence-electron chi connectivity index (χ2n) is 5.77. The molecule has 33 heavy (non-hydrogen) atoms. The number of methoxy groups -OCH3 is 2. The van der Waals surface area contributed by atoms with Gasteiger partial charge in [0.05, 0.1) is 14.2 Å². The molecule has 0 saturated heterocycles. The number of hydrogen-bond acceptors (Lipinski definition) is 7. The molecule has 0 radical (unpaired) electrons. The Hall–Kier alpha value is -3.77. The van der Waals surface area contributed by atoms with Crippen molar-refractivity contribution >= 4 is 35.1 Å². The molecule has 2 aromatic rings. The van der Waals surface area contributed by atoms with Crippen LogP contribution in [0.2, 0.25) is 0 Å². The summed E-state index contributed by atoms with van der Waals surface area (Å²) in [6.07, 6.45) is -0.864. The van der Waals surface area contributed by atoms with Gasteiger partial charge in [-0.05, 0) is 35.4 Å². The Morgan fingerprint density at radius 1 is 0.848 bits per heavy atom. The first-order valence-electron chi connectivity index (χ1n) is 8.72. The van der Waals surface area contributed by atoms with Crippen LogP contribution in [0.25, 0.3) is 0 Å². The van der Waals surface area contributed by atoms with E-state index in [1.165, 1.54) is 43.5 Å². The maximum atomic E-state index is 12.6. The Bertz CT molecular complexity index is 927. The molecule has 2 aromatic carbocycles. The Kier molecular flexibility index (Phi) is 13.4. The molecule has 0 spiro atoms. The summed E-state index contributed by atoms with van der Waals surface area (Å²) in [5.74, 6) is -3.26. The van der Waals surface area contributed by atoms with Crippen LogP contribution in [0.4, 0.5) is 18.4 Å². The number of carbonyl (C=O) groups excluding carboxylic acids is 2. The third-order valence-corrected chi connectivity index (χ3v) is 3.71. The van der Waals surface area contributed by atoms with Crippen molar-refractivity contribution in [2.75, 3.05) is 14.2 Å². The highest BCUT2D eigenvalue weighted by atomic mass is 35.5. The van der Waals surface area contributed by atoms with Crippen LogP contribution >= 0.6 is 11.6 Å². The summed E-state index contributed by atoms with van der Waals surface area (Å²) in [5, 5.41) is 19.5. The largest absolute Gasteiger partial charge is 0.480 e. The van der Waals surface area contributed by atoms with Crippen molar-refractivity contribution in [1.29, 1.82) is 0 Å². The molecule has 13 heteroatoms. The van der Waals surface area contributed by atoms with Crippen molar-refractivity contribution in [2.24, 2.45) is 5.73 Å². The van der Waals surface area contributed by atoms with Gasteiger partial charge in [-0.2, -0.15) is 0 Å². The highest BCUT2D eigenvalue weighted by Crippen LogP contribution is 2.14. The van der Waals surface area contributed by atoms with Crippen LogP contribution in [0, 0.1) is 11.6 Å². The zero-order valence-electron chi connectivity index (χ0n) is 17.3. The minimum Gasteiger partial charge on any atom is -0.480 e. The summed E-state index contributed by atoms with van der Waals surface area (Å²) in [6.45, 7) is 0. The first kappa shape index (κ1) is 29.2. The number of carboxylic acid groups (broad SMARTS) is 2. The van der Waals surface area contributed by atoms with Gasteiger partial charge in [0, 0.05) is 11.6 Å². The third kappa shape index (κ3) is 12.0. The number of amides is 1. The molecule has 180 valence electrons. The van der Waals surface area contributed by atoms with Crippen LogP contribution in [-0.4, -0.2) is 47.9 Å². The maximum Gasteiger partial charge on any atom is 0.407 e. The molecule has 0 aliphatic carbocycles. The van der Waals surface area contributed by atoms with E-state index in [9.17, 15) is 28.0 Å². The number of benzene rings is 2. The molecule has 0 bridgehead atoms. The minimum absolute atomic E-state index is 0.263. The number of halogens is 3. The first-order valence-corrected chi connectivity index (χ1v) is 9.10. The Morgan fingerprint density at radius 2 is 1.24 bits per heavy atom. The Morgan fingerprint density at radius 3 is 1.55 bits per heavy atom. The zero-order valence-corrected chi connectivity index (χ0v) is 18.1. The molecule has 0 aliphatic heterocycles. The van der Waals surface area contributed by atoms with Gasteiger partial charge in [-0.1, -0.05) is 24.3 Å². The number of aliphatic carboxylic acids is 2.